The zero-order valence-corrected chi connectivity index (χ0v) is 17.6. The minimum atomic E-state index is 0.0913. The van der Waals surface area contributed by atoms with Crippen LogP contribution in [0.4, 0.5) is 0 Å². The van der Waals surface area contributed by atoms with Crippen LogP contribution in [0.1, 0.15) is 36.0 Å². The second-order valence-electron chi connectivity index (χ2n) is 8.17. The van der Waals surface area contributed by atoms with Gasteiger partial charge in [0.15, 0.2) is 11.4 Å². The lowest BCUT2D eigenvalue weighted by Gasteiger charge is -2.18. The van der Waals surface area contributed by atoms with E-state index in [1.807, 2.05) is 54.6 Å². The van der Waals surface area contributed by atoms with Gasteiger partial charge < -0.3 is 0 Å². The van der Waals surface area contributed by atoms with E-state index in [-0.39, 0.29) is 5.78 Å². The van der Waals surface area contributed by atoms with E-state index in [9.17, 15) is 4.79 Å². The van der Waals surface area contributed by atoms with Gasteiger partial charge in [-0.15, -0.1) is 0 Å². The van der Waals surface area contributed by atoms with Crippen molar-refractivity contribution < 1.29 is 4.79 Å². The maximum atomic E-state index is 13.3. The van der Waals surface area contributed by atoms with E-state index in [4.69, 9.17) is 4.98 Å². The van der Waals surface area contributed by atoms with Gasteiger partial charge in [0.2, 0.25) is 0 Å². The van der Waals surface area contributed by atoms with Gasteiger partial charge in [-0.05, 0) is 32.0 Å². The number of benzene rings is 2. The molecule has 0 radical (unpaired) electrons. The van der Waals surface area contributed by atoms with Gasteiger partial charge in [0.25, 0.3) is 0 Å². The van der Waals surface area contributed by atoms with Crippen molar-refractivity contribution in [2.45, 2.75) is 25.7 Å². The average molecular weight is 411 g/mol. The smallest absolute Gasteiger partial charge is 0.182 e. The molecule has 0 amide bonds. The van der Waals surface area contributed by atoms with Gasteiger partial charge in [-0.1, -0.05) is 73.5 Å². The summed E-state index contributed by atoms with van der Waals surface area (Å²) in [5, 5.41) is 4.58. The van der Waals surface area contributed by atoms with Crippen LogP contribution in [-0.4, -0.2) is 44.9 Å². The predicted molar refractivity (Wildman–Crippen MR) is 123 cm³/mol. The summed E-state index contributed by atoms with van der Waals surface area (Å²) in [6, 6.07) is 22.3. The summed E-state index contributed by atoms with van der Waals surface area (Å²) in [6.07, 6.45) is 6.52. The molecule has 3 heterocycles. The number of ketones is 1. The van der Waals surface area contributed by atoms with Crippen LogP contribution in [-0.2, 0) is 0 Å². The van der Waals surface area contributed by atoms with Gasteiger partial charge in [-0.3, -0.25) is 9.69 Å². The lowest BCUT2D eigenvalue weighted by atomic mass is 10.1. The summed E-state index contributed by atoms with van der Waals surface area (Å²) in [5.74, 6) is 0.0913. The predicted octanol–water partition coefficient (Wildman–Crippen LogP) is 5.12. The first-order chi connectivity index (χ1) is 15.3. The SMILES string of the molecule is O=C(CN1CCCCCC1)c1cnn2c(-c3ccccc3)cc(-c3ccccc3)nc12. The van der Waals surface area contributed by atoms with E-state index in [0.717, 1.165) is 48.4 Å². The first-order valence-corrected chi connectivity index (χ1v) is 11.0. The normalized spacial score (nSPS) is 15.1. The molecule has 0 N–H and O–H groups in total. The quantitative estimate of drug-likeness (QED) is 0.429. The molecule has 0 atom stereocenters. The molecule has 5 heteroatoms. The lowest BCUT2D eigenvalue weighted by molar-refractivity contribution is 0.0934. The van der Waals surface area contributed by atoms with Crippen LogP contribution in [0.2, 0.25) is 0 Å². The molecule has 0 unspecified atom stereocenters. The Balaban J connectivity index is 1.59. The highest BCUT2D eigenvalue weighted by molar-refractivity contribution is 6.03. The van der Waals surface area contributed by atoms with Gasteiger partial charge in [-0.2, -0.15) is 5.10 Å². The third kappa shape index (κ3) is 4.14. The summed E-state index contributed by atoms with van der Waals surface area (Å²) < 4.78 is 1.80. The van der Waals surface area contributed by atoms with E-state index in [2.05, 4.69) is 22.1 Å². The molecule has 0 aliphatic carbocycles. The van der Waals surface area contributed by atoms with Crippen LogP contribution in [0.5, 0.6) is 0 Å². The first kappa shape index (κ1) is 19.6. The Kier molecular flexibility index (Phi) is 5.59. The van der Waals surface area contributed by atoms with Crippen molar-refractivity contribution in [1.82, 2.24) is 19.5 Å². The Morgan fingerprint density at radius 3 is 2.16 bits per heavy atom. The van der Waals surface area contributed by atoms with Crippen molar-refractivity contribution in [2.75, 3.05) is 19.6 Å². The Labute approximate surface area is 182 Å². The molecule has 2 aromatic heterocycles. The fourth-order valence-electron chi connectivity index (χ4n) is 4.31. The molecule has 156 valence electrons. The van der Waals surface area contributed by atoms with Crippen LogP contribution in [0.3, 0.4) is 0 Å². The first-order valence-electron chi connectivity index (χ1n) is 11.0. The fraction of sp³-hybridized carbons (Fsp3) is 0.269. The number of fused-ring (bicyclic) bond motifs is 1. The maximum absolute atomic E-state index is 13.3. The largest absolute Gasteiger partial charge is 0.296 e. The van der Waals surface area contributed by atoms with E-state index in [0.29, 0.717) is 17.8 Å². The second kappa shape index (κ2) is 8.82. The molecular formula is C26H26N4O. The van der Waals surface area contributed by atoms with Crippen molar-refractivity contribution in [2.24, 2.45) is 0 Å². The lowest BCUT2D eigenvalue weighted by Crippen LogP contribution is -2.30. The van der Waals surface area contributed by atoms with Crippen molar-refractivity contribution in [1.29, 1.82) is 0 Å². The van der Waals surface area contributed by atoms with Gasteiger partial charge in [-0.25, -0.2) is 9.50 Å². The zero-order valence-electron chi connectivity index (χ0n) is 17.6. The number of Topliss-reactive ketones (excluding diaryl/α,β-unsaturated/α-hetero) is 1. The van der Waals surface area contributed by atoms with Gasteiger partial charge in [0.1, 0.15) is 0 Å². The van der Waals surface area contributed by atoms with E-state index < -0.39 is 0 Å². The number of hydrogen-bond donors (Lipinski definition) is 0. The highest BCUT2D eigenvalue weighted by Crippen LogP contribution is 2.27. The minimum Gasteiger partial charge on any atom is -0.296 e. The standard InChI is InChI=1S/C26H26N4O/c31-25(19-29-15-9-1-2-10-16-29)22-18-27-30-24(21-13-7-4-8-14-21)17-23(28-26(22)30)20-11-5-3-6-12-20/h3-8,11-14,17-18H,1-2,9-10,15-16,19H2. The Bertz CT molecular complexity index is 1180. The Morgan fingerprint density at radius 2 is 1.48 bits per heavy atom. The number of nitrogens with zero attached hydrogens (tertiary/aromatic N) is 4. The summed E-state index contributed by atoms with van der Waals surface area (Å²) >= 11 is 0. The van der Waals surface area contributed by atoms with Crippen LogP contribution < -0.4 is 0 Å². The minimum absolute atomic E-state index is 0.0913. The maximum Gasteiger partial charge on any atom is 0.182 e. The molecule has 4 aromatic rings. The van der Waals surface area contributed by atoms with E-state index in [1.54, 1.807) is 10.7 Å². The van der Waals surface area contributed by atoms with Gasteiger partial charge >= 0.3 is 0 Å². The molecule has 1 fully saturated rings. The molecule has 1 aliphatic rings. The van der Waals surface area contributed by atoms with Gasteiger partial charge in [0, 0.05) is 11.1 Å². The monoisotopic (exact) mass is 410 g/mol. The molecular weight excluding hydrogens is 384 g/mol. The van der Waals surface area contributed by atoms with Crippen LogP contribution in [0, 0.1) is 0 Å². The number of aromatic nitrogens is 3. The van der Waals surface area contributed by atoms with Crippen molar-refractivity contribution in [3.8, 4) is 22.5 Å². The summed E-state index contributed by atoms with van der Waals surface area (Å²) in [4.78, 5) is 20.4. The van der Waals surface area contributed by atoms with Gasteiger partial charge in [0.05, 0.1) is 29.7 Å². The summed E-state index contributed by atoms with van der Waals surface area (Å²) in [5.41, 5.74) is 5.06. The molecule has 5 rings (SSSR count). The van der Waals surface area contributed by atoms with E-state index >= 15 is 0 Å². The van der Waals surface area contributed by atoms with Crippen LogP contribution >= 0.6 is 0 Å². The van der Waals surface area contributed by atoms with E-state index in [1.165, 1.54) is 12.8 Å². The molecule has 0 spiro atoms. The molecule has 5 nitrogen and oxygen atoms in total. The zero-order chi connectivity index (χ0) is 21.0. The highest BCUT2D eigenvalue weighted by Gasteiger charge is 2.21. The molecule has 0 saturated carbocycles. The number of carbonyl (C=O) groups is 1. The molecule has 1 aliphatic heterocycles. The summed E-state index contributed by atoms with van der Waals surface area (Å²) in [7, 11) is 0. The van der Waals surface area contributed by atoms with Crippen molar-refractivity contribution in [3.05, 3.63) is 78.5 Å². The number of carbonyl (C=O) groups excluding carboxylic acids is 1. The second-order valence-corrected chi connectivity index (χ2v) is 8.17. The molecule has 0 bridgehead atoms. The number of hydrogen-bond acceptors (Lipinski definition) is 4. The third-order valence-corrected chi connectivity index (χ3v) is 5.98. The average Bonchev–Trinajstić information content (AvgIpc) is 3.09. The highest BCUT2D eigenvalue weighted by atomic mass is 16.1. The topological polar surface area (TPSA) is 50.5 Å². The fourth-order valence-corrected chi connectivity index (χ4v) is 4.31. The molecule has 2 aromatic carbocycles. The summed E-state index contributed by atoms with van der Waals surface area (Å²) in [6.45, 7) is 2.41. The Morgan fingerprint density at radius 1 is 0.839 bits per heavy atom. The van der Waals surface area contributed by atoms with Crippen molar-refractivity contribution in [3.63, 3.8) is 0 Å². The Hall–Kier alpha value is -3.31. The molecule has 31 heavy (non-hydrogen) atoms. The van der Waals surface area contributed by atoms with Crippen LogP contribution in [0.25, 0.3) is 28.2 Å². The molecule has 1 saturated heterocycles. The third-order valence-electron chi connectivity index (χ3n) is 5.98. The number of rotatable bonds is 5. The van der Waals surface area contributed by atoms with Crippen LogP contribution in [0.15, 0.2) is 72.9 Å². The van der Waals surface area contributed by atoms with Crippen molar-refractivity contribution >= 4 is 11.4 Å². The number of likely N-dealkylation sites (tertiary alicyclic amines) is 1.